The molecule has 0 fully saturated rings. The van der Waals surface area contributed by atoms with Crippen LogP contribution in [0.1, 0.15) is 32.8 Å². The van der Waals surface area contributed by atoms with Crippen molar-refractivity contribution in [3.8, 4) is 0 Å². The molecule has 0 saturated heterocycles. The summed E-state index contributed by atoms with van der Waals surface area (Å²) in [6.45, 7) is 5.48. The lowest BCUT2D eigenvalue weighted by Gasteiger charge is -2.29. The van der Waals surface area contributed by atoms with Gasteiger partial charge in [0.05, 0.1) is 0 Å². The minimum Gasteiger partial charge on any atom is -0.352 e. The second-order valence-electron chi connectivity index (χ2n) is 6.86. The van der Waals surface area contributed by atoms with Crippen molar-refractivity contribution in [2.75, 3.05) is 5.75 Å². The summed E-state index contributed by atoms with van der Waals surface area (Å²) in [6.07, 6.45) is 0.271. The third kappa shape index (κ3) is 6.68. The van der Waals surface area contributed by atoms with Gasteiger partial charge in [-0.05, 0) is 39.0 Å². The molecule has 0 unspecified atom stereocenters. The number of amides is 2. The smallest absolute Gasteiger partial charge is 0.242 e. The Kier molecular flexibility index (Phi) is 8.51. The average molecular weight is 403 g/mol. The van der Waals surface area contributed by atoms with Crippen molar-refractivity contribution < 1.29 is 14.0 Å². The molecule has 0 radical (unpaired) electrons. The monoisotopic (exact) mass is 402 g/mol. The van der Waals surface area contributed by atoms with Crippen LogP contribution in [0, 0.1) is 5.82 Å². The van der Waals surface area contributed by atoms with Gasteiger partial charge in [0.15, 0.2) is 0 Å². The molecule has 0 bridgehead atoms. The molecule has 28 heavy (non-hydrogen) atoms. The summed E-state index contributed by atoms with van der Waals surface area (Å²) < 4.78 is 14.1. The van der Waals surface area contributed by atoms with Crippen LogP contribution >= 0.6 is 11.8 Å². The molecule has 0 aliphatic heterocycles. The fourth-order valence-electron chi connectivity index (χ4n) is 2.71. The minimum atomic E-state index is -0.684. The number of nitrogens with zero attached hydrogens (tertiary/aromatic N) is 1. The second-order valence-corrected chi connectivity index (χ2v) is 8.03. The van der Waals surface area contributed by atoms with Gasteiger partial charge in [-0.15, -0.1) is 11.8 Å². The van der Waals surface area contributed by atoms with Crippen LogP contribution in [0.5, 0.6) is 0 Å². The summed E-state index contributed by atoms with van der Waals surface area (Å²) in [7, 11) is 0. The summed E-state index contributed by atoms with van der Waals surface area (Å²) in [5, 5.41) is 2.83. The van der Waals surface area contributed by atoms with Crippen LogP contribution in [0.3, 0.4) is 0 Å². The lowest BCUT2D eigenvalue weighted by molar-refractivity contribution is -0.140. The molecule has 4 nitrogen and oxygen atoms in total. The lowest BCUT2D eigenvalue weighted by atomic mass is 10.1. The predicted octanol–water partition coefficient (Wildman–Crippen LogP) is 4.25. The molecule has 2 aromatic carbocycles. The first-order chi connectivity index (χ1) is 13.4. The van der Waals surface area contributed by atoms with Crippen molar-refractivity contribution in [1.29, 1.82) is 0 Å². The highest BCUT2D eigenvalue weighted by Gasteiger charge is 2.26. The molecule has 0 spiro atoms. The molecule has 2 amide bonds. The summed E-state index contributed by atoms with van der Waals surface area (Å²) >= 11 is 1.58. The normalized spacial score (nSPS) is 11.9. The van der Waals surface area contributed by atoms with Crippen LogP contribution in [0.2, 0.25) is 0 Å². The van der Waals surface area contributed by atoms with Gasteiger partial charge in [-0.1, -0.05) is 36.4 Å². The Balaban J connectivity index is 2.08. The summed E-state index contributed by atoms with van der Waals surface area (Å²) in [5.41, 5.74) is 0.399. The zero-order chi connectivity index (χ0) is 20.5. The average Bonchev–Trinajstić information content (AvgIpc) is 2.67. The van der Waals surface area contributed by atoms with Crippen LogP contribution in [0.25, 0.3) is 0 Å². The van der Waals surface area contributed by atoms with Gasteiger partial charge in [-0.2, -0.15) is 0 Å². The molecule has 0 aliphatic rings. The quantitative estimate of drug-likeness (QED) is 0.638. The zero-order valence-corrected chi connectivity index (χ0v) is 17.3. The molecule has 0 heterocycles. The van der Waals surface area contributed by atoms with E-state index in [-0.39, 0.29) is 36.6 Å². The molecule has 0 aromatic heterocycles. The number of hydrogen-bond acceptors (Lipinski definition) is 3. The number of rotatable bonds is 9. The van der Waals surface area contributed by atoms with Crippen LogP contribution in [0.4, 0.5) is 4.39 Å². The van der Waals surface area contributed by atoms with Crippen molar-refractivity contribution in [3.05, 3.63) is 66.0 Å². The molecule has 2 aromatic rings. The first kappa shape index (κ1) is 22.0. The molecule has 1 N–H and O–H groups in total. The number of halogens is 1. The van der Waals surface area contributed by atoms with E-state index in [9.17, 15) is 14.0 Å². The van der Waals surface area contributed by atoms with E-state index in [4.69, 9.17) is 0 Å². The van der Waals surface area contributed by atoms with Gasteiger partial charge in [0.2, 0.25) is 11.8 Å². The number of benzene rings is 2. The van der Waals surface area contributed by atoms with E-state index in [2.05, 4.69) is 5.32 Å². The van der Waals surface area contributed by atoms with Crippen molar-refractivity contribution in [3.63, 3.8) is 0 Å². The number of carbonyl (C=O) groups is 2. The van der Waals surface area contributed by atoms with Gasteiger partial charge in [-0.25, -0.2) is 4.39 Å². The Labute approximate surface area is 170 Å². The summed E-state index contributed by atoms with van der Waals surface area (Å²) in [5.74, 6) is -0.196. The maximum atomic E-state index is 14.1. The Bertz CT molecular complexity index is 783. The number of hydrogen-bond donors (Lipinski definition) is 1. The molecular weight excluding hydrogens is 375 g/mol. The van der Waals surface area contributed by atoms with Crippen LogP contribution in [0.15, 0.2) is 59.5 Å². The lowest BCUT2D eigenvalue weighted by Crippen LogP contribution is -2.49. The molecule has 0 saturated carbocycles. The van der Waals surface area contributed by atoms with Crippen molar-refractivity contribution in [1.82, 2.24) is 10.2 Å². The Hall–Kier alpha value is -2.34. The van der Waals surface area contributed by atoms with Gasteiger partial charge < -0.3 is 10.2 Å². The molecule has 2 rings (SSSR count). The maximum Gasteiger partial charge on any atom is 0.242 e. The topological polar surface area (TPSA) is 49.4 Å². The molecule has 6 heteroatoms. The van der Waals surface area contributed by atoms with E-state index < -0.39 is 6.04 Å². The van der Waals surface area contributed by atoms with Gasteiger partial charge in [0.1, 0.15) is 11.9 Å². The third-order valence-corrected chi connectivity index (χ3v) is 5.24. The Morgan fingerprint density at radius 2 is 1.68 bits per heavy atom. The SMILES string of the molecule is CC(C)NC(=O)[C@H](C)N(Cc1ccccc1F)C(=O)CCSc1ccccc1. The van der Waals surface area contributed by atoms with Gasteiger partial charge in [0, 0.05) is 35.2 Å². The number of carbonyl (C=O) groups excluding carboxylic acids is 2. The zero-order valence-electron chi connectivity index (χ0n) is 16.5. The van der Waals surface area contributed by atoms with E-state index in [1.165, 1.54) is 11.0 Å². The molecular formula is C22H27FN2O2S. The standard InChI is InChI=1S/C22H27FN2O2S/c1-16(2)24-22(27)17(3)25(15-18-9-7-8-12-20(18)23)21(26)13-14-28-19-10-5-4-6-11-19/h4-12,16-17H,13-15H2,1-3H3,(H,24,27)/t17-/m0/s1. The van der Waals surface area contributed by atoms with Crippen LogP contribution in [-0.4, -0.2) is 34.6 Å². The molecule has 0 aliphatic carbocycles. The largest absolute Gasteiger partial charge is 0.352 e. The third-order valence-electron chi connectivity index (χ3n) is 4.22. The summed E-state index contributed by atoms with van der Waals surface area (Å²) in [4.78, 5) is 27.9. The van der Waals surface area contributed by atoms with E-state index >= 15 is 0 Å². The highest BCUT2D eigenvalue weighted by molar-refractivity contribution is 7.99. The van der Waals surface area contributed by atoms with E-state index in [1.54, 1.807) is 36.9 Å². The first-order valence-corrected chi connectivity index (χ1v) is 10.4. The molecule has 1 atom stereocenters. The molecule has 150 valence electrons. The minimum absolute atomic E-state index is 0.0333. The predicted molar refractivity (Wildman–Crippen MR) is 111 cm³/mol. The Morgan fingerprint density at radius 3 is 2.32 bits per heavy atom. The second kappa shape index (κ2) is 10.9. The highest BCUT2D eigenvalue weighted by Crippen LogP contribution is 2.20. The summed E-state index contributed by atoms with van der Waals surface area (Å²) in [6, 6.07) is 15.5. The Morgan fingerprint density at radius 1 is 1.04 bits per heavy atom. The maximum absolute atomic E-state index is 14.1. The van der Waals surface area contributed by atoms with E-state index in [0.717, 1.165) is 4.90 Å². The van der Waals surface area contributed by atoms with E-state index in [0.29, 0.717) is 11.3 Å². The number of thioether (sulfide) groups is 1. The highest BCUT2D eigenvalue weighted by atomic mass is 32.2. The van der Waals surface area contributed by atoms with Gasteiger partial charge in [0.25, 0.3) is 0 Å². The fraction of sp³-hybridized carbons (Fsp3) is 0.364. The first-order valence-electron chi connectivity index (χ1n) is 9.39. The van der Waals surface area contributed by atoms with Crippen molar-refractivity contribution in [2.45, 2.75) is 50.7 Å². The van der Waals surface area contributed by atoms with Crippen molar-refractivity contribution >= 4 is 23.6 Å². The van der Waals surface area contributed by atoms with E-state index in [1.807, 2.05) is 44.2 Å². The van der Waals surface area contributed by atoms with Crippen molar-refractivity contribution in [2.24, 2.45) is 0 Å². The van der Waals surface area contributed by atoms with Crippen LogP contribution < -0.4 is 5.32 Å². The van der Waals surface area contributed by atoms with Gasteiger partial charge in [-0.3, -0.25) is 9.59 Å². The fourth-order valence-corrected chi connectivity index (χ4v) is 3.58. The van der Waals surface area contributed by atoms with Gasteiger partial charge >= 0.3 is 0 Å². The van der Waals surface area contributed by atoms with Crippen LogP contribution in [-0.2, 0) is 16.1 Å². The number of nitrogens with one attached hydrogen (secondary N) is 1.